The first-order valence-electron chi connectivity index (χ1n) is 11.6. The zero-order valence-corrected chi connectivity index (χ0v) is 22.4. The minimum Gasteiger partial charge on any atom is -0.494 e. The zero-order valence-electron chi connectivity index (χ0n) is 20.0. The Morgan fingerprint density at radius 3 is 2.51 bits per heavy atom. The molecule has 0 unspecified atom stereocenters. The first-order valence-corrected chi connectivity index (χ1v) is 12.8. The highest BCUT2D eigenvalue weighted by atomic mass is 35.5. The van der Waals surface area contributed by atoms with Crippen molar-refractivity contribution in [2.24, 2.45) is 0 Å². The summed E-state index contributed by atoms with van der Waals surface area (Å²) in [6.07, 6.45) is 0.838. The number of fused-ring (bicyclic) bond motifs is 1. The van der Waals surface area contributed by atoms with Crippen molar-refractivity contribution in [3.8, 4) is 11.5 Å². The number of benzene rings is 2. The number of aryl methyl sites for hydroxylation is 1. The summed E-state index contributed by atoms with van der Waals surface area (Å²) in [4.78, 5) is 22.2. The van der Waals surface area contributed by atoms with Crippen LogP contribution in [0.2, 0.25) is 5.02 Å². The monoisotopic (exact) mass is 539 g/mol. The molecular weight excluding hydrogens is 509 g/mol. The van der Waals surface area contributed by atoms with Crippen LogP contribution in [-0.4, -0.2) is 68.4 Å². The van der Waals surface area contributed by atoms with Gasteiger partial charge in [-0.3, -0.25) is 14.6 Å². The minimum atomic E-state index is -0.126. The lowest BCUT2D eigenvalue weighted by molar-refractivity contribution is -0.120. The first kappa shape index (κ1) is 27.5. The number of morpholine rings is 1. The molecule has 0 radical (unpaired) electrons. The van der Waals surface area contributed by atoms with Crippen molar-refractivity contribution in [2.75, 3.05) is 57.5 Å². The van der Waals surface area contributed by atoms with E-state index >= 15 is 0 Å². The molecule has 35 heavy (non-hydrogen) atoms. The number of ether oxygens (including phenoxy) is 3. The largest absolute Gasteiger partial charge is 0.494 e. The summed E-state index contributed by atoms with van der Waals surface area (Å²) in [5.74, 6) is 1.27. The third-order valence-corrected chi connectivity index (χ3v) is 7.18. The van der Waals surface area contributed by atoms with Crippen molar-refractivity contribution >= 4 is 56.6 Å². The van der Waals surface area contributed by atoms with E-state index in [0.29, 0.717) is 29.1 Å². The summed E-state index contributed by atoms with van der Waals surface area (Å²) in [6.45, 7) is 9.26. The van der Waals surface area contributed by atoms with Gasteiger partial charge in [0.05, 0.1) is 30.0 Å². The standard InChI is InChI=1S/C25H30ClN3O4S.ClH/c1-3-32-19-5-7-20(8-6-19)33-17-23(30)29(12-4-11-28-13-15-31-16-14-28)25-27-24-18(2)21(26)9-10-22(24)34-25;/h5-10H,3-4,11-17H2,1-2H3;1H. The van der Waals surface area contributed by atoms with Crippen molar-refractivity contribution in [1.82, 2.24) is 9.88 Å². The Morgan fingerprint density at radius 1 is 1.14 bits per heavy atom. The van der Waals surface area contributed by atoms with Crippen LogP contribution in [0.1, 0.15) is 18.9 Å². The Labute approximate surface area is 221 Å². The summed E-state index contributed by atoms with van der Waals surface area (Å²) in [5, 5.41) is 1.34. The van der Waals surface area contributed by atoms with Gasteiger partial charge >= 0.3 is 0 Å². The SMILES string of the molecule is CCOc1ccc(OCC(=O)N(CCCN2CCOCC2)c2nc3c(C)c(Cl)ccc3s2)cc1.Cl. The van der Waals surface area contributed by atoms with Crippen LogP contribution in [0, 0.1) is 6.92 Å². The average Bonchev–Trinajstić information content (AvgIpc) is 3.29. The van der Waals surface area contributed by atoms with E-state index in [0.717, 1.165) is 60.8 Å². The third kappa shape index (κ3) is 7.21. The van der Waals surface area contributed by atoms with Gasteiger partial charge in [-0.25, -0.2) is 4.98 Å². The summed E-state index contributed by atoms with van der Waals surface area (Å²) in [5.41, 5.74) is 1.76. The van der Waals surface area contributed by atoms with E-state index in [2.05, 4.69) is 4.90 Å². The van der Waals surface area contributed by atoms with Gasteiger partial charge in [0.2, 0.25) is 0 Å². The number of amides is 1. The first-order chi connectivity index (χ1) is 16.5. The Bertz CT molecular complexity index is 1100. The number of halogens is 2. The molecule has 1 fully saturated rings. The Kier molecular flexibility index (Phi) is 10.4. The number of aromatic nitrogens is 1. The van der Waals surface area contributed by atoms with Gasteiger partial charge in [0.15, 0.2) is 11.7 Å². The fourth-order valence-electron chi connectivity index (χ4n) is 3.83. The molecule has 0 bridgehead atoms. The van der Waals surface area contributed by atoms with Crippen molar-refractivity contribution in [3.05, 3.63) is 47.0 Å². The van der Waals surface area contributed by atoms with Crippen LogP contribution in [0.5, 0.6) is 11.5 Å². The lowest BCUT2D eigenvalue weighted by atomic mass is 10.2. The van der Waals surface area contributed by atoms with Crippen LogP contribution in [0.15, 0.2) is 36.4 Å². The van der Waals surface area contributed by atoms with Crippen LogP contribution >= 0.6 is 35.3 Å². The van der Waals surface area contributed by atoms with E-state index < -0.39 is 0 Å². The highest BCUT2D eigenvalue weighted by molar-refractivity contribution is 7.22. The lowest BCUT2D eigenvalue weighted by Gasteiger charge is -2.27. The molecule has 0 saturated carbocycles. The molecule has 0 atom stereocenters. The highest BCUT2D eigenvalue weighted by Crippen LogP contribution is 2.33. The van der Waals surface area contributed by atoms with Gasteiger partial charge in [0.1, 0.15) is 11.5 Å². The van der Waals surface area contributed by atoms with E-state index in [-0.39, 0.29) is 24.9 Å². The van der Waals surface area contributed by atoms with Crippen LogP contribution in [0.3, 0.4) is 0 Å². The molecule has 1 aromatic heterocycles. The van der Waals surface area contributed by atoms with Crippen LogP contribution in [0.4, 0.5) is 5.13 Å². The van der Waals surface area contributed by atoms with E-state index in [1.54, 1.807) is 4.90 Å². The molecule has 0 aliphatic carbocycles. The third-order valence-electron chi connectivity index (χ3n) is 5.73. The number of anilines is 1. The molecule has 0 N–H and O–H groups in total. The van der Waals surface area contributed by atoms with Gasteiger partial charge in [-0.2, -0.15) is 0 Å². The number of hydrogen-bond donors (Lipinski definition) is 0. The maximum absolute atomic E-state index is 13.3. The van der Waals surface area contributed by atoms with Gasteiger partial charge < -0.3 is 14.2 Å². The molecule has 10 heteroatoms. The van der Waals surface area contributed by atoms with E-state index in [4.69, 9.17) is 30.8 Å². The Balaban J connectivity index is 0.00000342. The molecule has 1 aliphatic rings. The molecule has 1 saturated heterocycles. The summed E-state index contributed by atoms with van der Waals surface area (Å²) in [7, 11) is 0. The van der Waals surface area contributed by atoms with Crippen molar-refractivity contribution in [3.63, 3.8) is 0 Å². The number of carbonyl (C=O) groups excluding carboxylic acids is 1. The van der Waals surface area contributed by atoms with Crippen LogP contribution in [0.25, 0.3) is 10.2 Å². The molecule has 3 aromatic rings. The Morgan fingerprint density at radius 2 is 1.83 bits per heavy atom. The van der Waals surface area contributed by atoms with Crippen molar-refractivity contribution in [2.45, 2.75) is 20.3 Å². The van der Waals surface area contributed by atoms with Gasteiger partial charge in [-0.1, -0.05) is 22.9 Å². The Hall–Kier alpha value is -2.10. The zero-order chi connectivity index (χ0) is 23.9. The highest BCUT2D eigenvalue weighted by Gasteiger charge is 2.22. The lowest BCUT2D eigenvalue weighted by Crippen LogP contribution is -2.40. The quantitative estimate of drug-likeness (QED) is 0.352. The van der Waals surface area contributed by atoms with Gasteiger partial charge in [-0.15, -0.1) is 12.4 Å². The molecule has 7 nitrogen and oxygen atoms in total. The normalized spacial score (nSPS) is 13.9. The maximum Gasteiger partial charge on any atom is 0.266 e. The van der Waals surface area contributed by atoms with Crippen LogP contribution < -0.4 is 14.4 Å². The number of rotatable bonds is 10. The fourth-order valence-corrected chi connectivity index (χ4v) is 5.05. The summed E-state index contributed by atoms with van der Waals surface area (Å²) in [6, 6.07) is 11.1. The number of nitrogens with zero attached hydrogens (tertiary/aromatic N) is 3. The number of thiazole rings is 1. The molecule has 2 aromatic carbocycles. The van der Waals surface area contributed by atoms with Gasteiger partial charge in [-0.05, 0) is 62.2 Å². The van der Waals surface area contributed by atoms with Crippen molar-refractivity contribution < 1.29 is 19.0 Å². The summed E-state index contributed by atoms with van der Waals surface area (Å²) < 4.78 is 17.7. The average molecular weight is 541 g/mol. The van der Waals surface area contributed by atoms with Crippen LogP contribution in [-0.2, 0) is 9.53 Å². The van der Waals surface area contributed by atoms with Crippen molar-refractivity contribution in [1.29, 1.82) is 0 Å². The smallest absolute Gasteiger partial charge is 0.266 e. The fraction of sp³-hybridized carbons (Fsp3) is 0.440. The molecule has 0 spiro atoms. The molecule has 4 rings (SSSR count). The molecule has 2 heterocycles. The van der Waals surface area contributed by atoms with Gasteiger partial charge in [0, 0.05) is 31.2 Å². The van der Waals surface area contributed by atoms with E-state index in [1.165, 1.54) is 11.3 Å². The molecule has 1 aliphatic heterocycles. The second-order valence-corrected chi connectivity index (χ2v) is 9.48. The molecule has 190 valence electrons. The maximum atomic E-state index is 13.3. The second kappa shape index (κ2) is 13.3. The minimum absolute atomic E-state index is 0. The van der Waals surface area contributed by atoms with Gasteiger partial charge in [0.25, 0.3) is 5.91 Å². The molecular formula is C25H31Cl2N3O4S. The van der Waals surface area contributed by atoms with E-state index in [1.807, 2.05) is 50.2 Å². The predicted molar refractivity (Wildman–Crippen MR) is 144 cm³/mol. The predicted octanol–water partition coefficient (Wildman–Crippen LogP) is 5.21. The number of hydrogen-bond acceptors (Lipinski definition) is 7. The molecule has 1 amide bonds. The summed E-state index contributed by atoms with van der Waals surface area (Å²) >= 11 is 7.80. The topological polar surface area (TPSA) is 64.1 Å². The number of carbonyl (C=O) groups is 1. The van der Waals surface area contributed by atoms with E-state index in [9.17, 15) is 4.79 Å². The second-order valence-electron chi connectivity index (χ2n) is 8.06.